The van der Waals surface area contributed by atoms with Crippen LogP contribution in [0.2, 0.25) is 0 Å². The highest BCUT2D eigenvalue weighted by Crippen LogP contribution is 2.45. The van der Waals surface area contributed by atoms with E-state index >= 15 is 0 Å². The third kappa shape index (κ3) is 1.62. The Kier molecular flexibility index (Phi) is 2.37. The molecule has 2 heterocycles. The summed E-state index contributed by atoms with van der Waals surface area (Å²) in [6.07, 6.45) is 1.41. The van der Waals surface area contributed by atoms with Gasteiger partial charge in [0.15, 0.2) is 0 Å². The summed E-state index contributed by atoms with van der Waals surface area (Å²) in [7, 11) is 0. The second kappa shape index (κ2) is 3.25. The average molecular weight is 182 g/mol. The molecule has 2 rings (SSSR count). The van der Waals surface area contributed by atoms with Crippen LogP contribution < -0.4 is 5.32 Å². The molecule has 0 aliphatic carbocycles. The van der Waals surface area contributed by atoms with E-state index < -0.39 is 0 Å². The van der Waals surface area contributed by atoms with Crippen LogP contribution in [-0.2, 0) is 0 Å². The van der Waals surface area contributed by atoms with Crippen LogP contribution in [-0.4, -0.2) is 35.6 Å². The molecule has 0 amide bonds. The Bertz CT molecular complexity index is 177. The van der Waals surface area contributed by atoms with E-state index in [1.165, 1.54) is 13.0 Å². The van der Waals surface area contributed by atoms with Crippen molar-refractivity contribution in [2.45, 2.75) is 58.3 Å². The molecular formula is C11H22N2. The van der Waals surface area contributed by atoms with Crippen LogP contribution in [0.5, 0.6) is 0 Å². The molecule has 0 spiro atoms. The summed E-state index contributed by atoms with van der Waals surface area (Å²) in [6, 6.07) is 3.22. The largest absolute Gasteiger partial charge is 0.313 e. The van der Waals surface area contributed by atoms with E-state index in [1.807, 2.05) is 0 Å². The van der Waals surface area contributed by atoms with Crippen molar-refractivity contribution in [3.63, 3.8) is 0 Å². The van der Waals surface area contributed by atoms with Gasteiger partial charge in [0, 0.05) is 30.7 Å². The van der Waals surface area contributed by atoms with Crippen molar-refractivity contribution >= 4 is 0 Å². The molecule has 0 aromatic carbocycles. The number of nitrogens with one attached hydrogen (secondary N) is 1. The zero-order valence-electron chi connectivity index (χ0n) is 9.25. The maximum absolute atomic E-state index is 3.54. The Morgan fingerprint density at radius 1 is 1.38 bits per heavy atom. The molecule has 2 fully saturated rings. The van der Waals surface area contributed by atoms with Crippen LogP contribution in [0.25, 0.3) is 0 Å². The molecule has 0 bridgehead atoms. The van der Waals surface area contributed by atoms with Crippen molar-refractivity contribution in [1.82, 2.24) is 10.2 Å². The van der Waals surface area contributed by atoms with Crippen LogP contribution in [0.4, 0.5) is 0 Å². The monoisotopic (exact) mass is 182 g/mol. The third-order valence-corrected chi connectivity index (χ3v) is 3.57. The van der Waals surface area contributed by atoms with Crippen molar-refractivity contribution in [1.29, 1.82) is 0 Å². The molecule has 2 heteroatoms. The summed E-state index contributed by atoms with van der Waals surface area (Å²) in [4.78, 5) is 2.68. The normalized spacial score (nSPS) is 48.2. The number of nitrogens with zero attached hydrogens (tertiary/aromatic N) is 1. The maximum atomic E-state index is 3.54. The molecule has 2 nitrogen and oxygen atoms in total. The fourth-order valence-electron chi connectivity index (χ4n) is 3.00. The van der Waals surface area contributed by atoms with E-state index in [4.69, 9.17) is 0 Å². The van der Waals surface area contributed by atoms with Gasteiger partial charge in [0.2, 0.25) is 0 Å². The van der Waals surface area contributed by atoms with Gasteiger partial charge in [0.05, 0.1) is 0 Å². The van der Waals surface area contributed by atoms with Gasteiger partial charge in [-0.25, -0.2) is 0 Å². The van der Waals surface area contributed by atoms with Crippen LogP contribution in [0.3, 0.4) is 0 Å². The average Bonchev–Trinajstić information content (AvgIpc) is 2.66. The van der Waals surface area contributed by atoms with E-state index in [-0.39, 0.29) is 0 Å². The smallest absolute Gasteiger partial charge is 0.0385 e. The van der Waals surface area contributed by atoms with Gasteiger partial charge in [-0.3, -0.25) is 4.90 Å². The first kappa shape index (κ1) is 9.47. The van der Waals surface area contributed by atoms with Gasteiger partial charge in [-0.05, 0) is 19.3 Å². The SMILES string of the molecule is CC(C)NC[C@@H]1[C@@H]2C(C)CC(C)N12. The van der Waals surface area contributed by atoms with E-state index in [1.54, 1.807) is 0 Å². The lowest BCUT2D eigenvalue weighted by Crippen LogP contribution is -2.31. The third-order valence-electron chi connectivity index (χ3n) is 3.57. The minimum atomic E-state index is 0.633. The zero-order chi connectivity index (χ0) is 9.59. The number of hydrogen-bond donors (Lipinski definition) is 1. The Hall–Kier alpha value is -0.0800. The Morgan fingerprint density at radius 3 is 2.54 bits per heavy atom. The second-order valence-corrected chi connectivity index (χ2v) is 5.13. The van der Waals surface area contributed by atoms with Crippen molar-refractivity contribution in [3.05, 3.63) is 0 Å². The summed E-state index contributed by atoms with van der Waals surface area (Å²) < 4.78 is 0. The summed E-state index contributed by atoms with van der Waals surface area (Å²) >= 11 is 0. The van der Waals surface area contributed by atoms with Gasteiger partial charge in [-0.2, -0.15) is 0 Å². The standard InChI is InChI=1S/C11H22N2/c1-7(2)12-6-10-11-8(3)5-9(4)13(10)11/h7-12H,5-6H2,1-4H3/t8?,9?,10-,11+,13?/m1/s1. The molecule has 76 valence electrons. The highest BCUT2D eigenvalue weighted by atomic mass is 15.4. The highest BCUT2D eigenvalue weighted by molar-refractivity contribution is 5.13. The van der Waals surface area contributed by atoms with E-state index in [9.17, 15) is 0 Å². The Morgan fingerprint density at radius 2 is 2.08 bits per heavy atom. The van der Waals surface area contributed by atoms with Gasteiger partial charge >= 0.3 is 0 Å². The molecule has 0 aromatic rings. The van der Waals surface area contributed by atoms with Crippen molar-refractivity contribution in [3.8, 4) is 0 Å². The number of hydrogen-bond acceptors (Lipinski definition) is 2. The minimum absolute atomic E-state index is 0.633. The first-order valence-corrected chi connectivity index (χ1v) is 5.62. The summed E-state index contributed by atoms with van der Waals surface area (Å²) in [5.41, 5.74) is 0. The summed E-state index contributed by atoms with van der Waals surface area (Å²) in [5, 5.41) is 3.54. The van der Waals surface area contributed by atoms with E-state index in [2.05, 4.69) is 37.9 Å². The quantitative estimate of drug-likeness (QED) is 0.665. The van der Waals surface area contributed by atoms with Crippen LogP contribution in [0.15, 0.2) is 0 Å². The molecule has 0 saturated carbocycles. The first-order chi connectivity index (χ1) is 6.11. The summed E-state index contributed by atoms with van der Waals surface area (Å²) in [5.74, 6) is 0.925. The van der Waals surface area contributed by atoms with Gasteiger partial charge in [0.25, 0.3) is 0 Å². The zero-order valence-corrected chi connectivity index (χ0v) is 9.25. The van der Waals surface area contributed by atoms with Crippen molar-refractivity contribution < 1.29 is 0 Å². The lowest BCUT2D eigenvalue weighted by atomic mass is 9.99. The predicted octanol–water partition coefficient (Wildman–Crippen LogP) is 1.47. The van der Waals surface area contributed by atoms with Gasteiger partial charge in [0.1, 0.15) is 0 Å². The molecule has 0 radical (unpaired) electrons. The molecule has 5 atom stereocenters. The predicted molar refractivity (Wildman–Crippen MR) is 55.8 cm³/mol. The van der Waals surface area contributed by atoms with Gasteiger partial charge in [-0.15, -0.1) is 0 Å². The van der Waals surface area contributed by atoms with Crippen LogP contribution in [0, 0.1) is 5.92 Å². The fourth-order valence-corrected chi connectivity index (χ4v) is 3.00. The minimum Gasteiger partial charge on any atom is -0.313 e. The summed E-state index contributed by atoms with van der Waals surface area (Å²) in [6.45, 7) is 10.4. The van der Waals surface area contributed by atoms with E-state index in [0.29, 0.717) is 6.04 Å². The lowest BCUT2D eigenvalue weighted by molar-refractivity contribution is 0.390. The molecule has 1 N–H and O–H groups in total. The van der Waals surface area contributed by atoms with Crippen molar-refractivity contribution in [2.24, 2.45) is 5.92 Å². The number of rotatable bonds is 3. The van der Waals surface area contributed by atoms with Gasteiger partial charge in [-0.1, -0.05) is 20.8 Å². The molecular weight excluding hydrogens is 160 g/mol. The fraction of sp³-hybridized carbons (Fsp3) is 1.00. The van der Waals surface area contributed by atoms with E-state index in [0.717, 1.165) is 24.0 Å². The molecule has 0 aromatic heterocycles. The Labute approximate surface area is 81.7 Å². The Balaban J connectivity index is 1.80. The second-order valence-electron chi connectivity index (χ2n) is 5.13. The van der Waals surface area contributed by atoms with Crippen molar-refractivity contribution in [2.75, 3.05) is 6.54 Å². The number of piperidine rings is 1. The molecule has 13 heavy (non-hydrogen) atoms. The molecule has 2 aliphatic rings. The van der Waals surface area contributed by atoms with Gasteiger partial charge < -0.3 is 5.32 Å². The van der Waals surface area contributed by atoms with Crippen LogP contribution >= 0.6 is 0 Å². The van der Waals surface area contributed by atoms with Crippen LogP contribution in [0.1, 0.15) is 34.1 Å². The molecule has 2 aliphatic heterocycles. The molecule has 2 saturated heterocycles. The number of fused-ring (bicyclic) bond motifs is 1. The lowest BCUT2D eigenvalue weighted by Gasteiger charge is -2.14. The maximum Gasteiger partial charge on any atom is 0.0385 e. The molecule has 3 unspecified atom stereocenters. The highest BCUT2D eigenvalue weighted by Gasteiger charge is 2.57. The topological polar surface area (TPSA) is 15.0 Å². The first-order valence-electron chi connectivity index (χ1n) is 5.62.